The van der Waals surface area contributed by atoms with Gasteiger partial charge in [-0.05, 0) is 88.9 Å². The lowest BCUT2D eigenvalue weighted by Gasteiger charge is -2.58. The maximum atomic E-state index is 13.5. The molecular formula is C26H40N4O2. The Bertz CT molecular complexity index is 855. The highest BCUT2D eigenvalue weighted by Gasteiger charge is 2.55. The zero-order valence-electron chi connectivity index (χ0n) is 19.7. The number of fused-ring (bicyclic) bond motifs is 1. The smallest absolute Gasteiger partial charge is 0.274 e. The van der Waals surface area contributed by atoms with Crippen LogP contribution in [0, 0.1) is 17.8 Å². The Kier molecular flexibility index (Phi) is 5.37. The molecule has 0 aromatic carbocycles. The van der Waals surface area contributed by atoms with Gasteiger partial charge in [-0.3, -0.25) is 9.48 Å². The molecule has 4 saturated carbocycles. The number of carbonyl (C=O) groups is 1. The van der Waals surface area contributed by atoms with Crippen molar-refractivity contribution < 1.29 is 9.90 Å². The second kappa shape index (κ2) is 8.12. The summed E-state index contributed by atoms with van der Waals surface area (Å²) in [6, 6.07) is 0.967. The number of carbonyl (C=O) groups excluding carboxylic acids is 1. The molecule has 7 rings (SSSR count). The van der Waals surface area contributed by atoms with Crippen molar-refractivity contribution in [3.8, 4) is 0 Å². The first-order valence-corrected chi connectivity index (χ1v) is 13.4. The maximum absolute atomic E-state index is 13.5. The highest BCUT2D eigenvalue weighted by atomic mass is 16.3. The molecule has 1 saturated heterocycles. The molecule has 6 aliphatic rings. The summed E-state index contributed by atoms with van der Waals surface area (Å²) >= 11 is 0. The molecule has 5 fully saturated rings. The molecule has 6 nitrogen and oxygen atoms in total. The number of rotatable bonds is 4. The molecule has 2 heterocycles. The Morgan fingerprint density at radius 3 is 2.50 bits per heavy atom. The second-order valence-electron chi connectivity index (χ2n) is 11.6. The molecule has 0 spiro atoms. The van der Waals surface area contributed by atoms with Gasteiger partial charge in [-0.1, -0.05) is 12.8 Å². The van der Waals surface area contributed by atoms with E-state index < -0.39 is 0 Å². The largest absolute Gasteiger partial charge is 0.390 e. The number of hydrogen-bond donors (Lipinski definition) is 2. The van der Waals surface area contributed by atoms with Gasteiger partial charge in [0.15, 0.2) is 5.69 Å². The average molecular weight is 441 g/mol. The van der Waals surface area contributed by atoms with Gasteiger partial charge in [-0.15, -0.1) is 0 Å². The standard InChI is InChI=1S/C26H40N4O2/c1-2-30-22-8-7-20(27-23-18-11-17-12-19(23)16-26(32,14-17)15-18)13-21(22)24(28-30)25(31)29-9-5-3-4-6-10-29/h17-20,23,27,32H,2-16H2,1H3. The van der Waals surface area contributed by atoms with Crippen LogP contribution < -0.4 is 5.32 Å². The summed E-state index contributed by atoms with van der Waals surface area (Å²) in [6.07, 6.45) is 13.4. The van der Waals surface area contributed by atoms with E-state index in [1.807, 2.05) is 0 Å². The fourth-order valence-electron chi connectivity index (χ4n) is 8.21. The molecule has 1 aliphatic heterocycles. The van der Waals surface area contributed by atoms with E-state index in [0.717, 1.165) is 82.6 Å². The van der Waals surface area contributed by atoms with Gasteiger partial charge in [0.2, 0.25) is 0 Å². The van der Waals surface area contributed by atoms with Gasteiger partial charge in [-0.25, -0.2) is 0 Å². The van der Waals surface area contributed by atoms with E-state index in [0.29, 0.717) is 23.9 Å². The fraction of sp³-hybridized carbons (Fsp3) is 0.846. The maximum Gasteiger partial charge on any atom is 0.274 e. The third kappa shape index (κ3) is 3.62. The van der Waals surface area contributed by atoms with Crippen LogP contribution in [0.25, 0.3) is 0 Å². The first kappa shape index (κ1) is 21.2. The number of likely N-dealkylation sites (tertiary alicyclic amines) is 1. The normalized spacial score (nSPS) is 38.6. The van der Waals surface area contributed by atoms with Crippen molar-refractivity contribution in [2.75, 3.05) is 13.1 Å². The zero-order valence-corrected chi connectivity index (χ0v) is 19.7. The van der Waals surface area contributed by atoms with Crippen LogP contribution in [0.5, 0.6) is 0 Å². The van der Waals surface area contributed by atoms with E-state index in [4.69, 9.17) is 5.10 Å². The van der Waals surface area contributed by atoms with Crippen molar-refractivity contribution in [3.63, 3.8) is 0 Å². The highest BCUT2D eigenvalue weighted by Crippen LogP contribution is 2.55. The number of nitrogens with zero attached hydrogens (tertiary/aromatic N) is 3. The monoisotopic (exact) mass is 440 g/mol. The lowest BCUT2D eigenvalue weighted by molar-refractivity contribution is -0.140. The molecule has 176 valence electrons. The molecule has 2 N–H and O–H groups in total. The second-order valence-corrected chi connectivity index (χ2v) is 11.6. The molecule has 32 heavy (non-hydrogen) atoms. The summed E-state index contributed by atoms with van der Waals surface area (Å²) in [6.45, 7) is 4.73. The van der Waals surface area contributed by atoms with E-state index in [2.05, 4.69) is 21.8 Å². The van der Waals surface area contributed by atoms with Gasteiger partial charge in [0.1, 0.15) is 0 Å². The SMILES string of the molecule is CCn1nc(C(=O)N2CCCCCC2)c2c1CCC(NC1C3CC4CC1CC(O)(C4)C3)C2. The summed E-state index contributed by atoms with van der Waals surface area (Å²) in [4.78, 5) is 15.5. The predicted octanol–water partition coefficient (Wildman–Crippen LogP) is 3.31. The van der Waals surface area contributed by atoms with Crippen LogP contribution in [-0.4, -0.2) is 56.5 Å². The number of aliphatic hydroxyl groups is 1. The van der Waals surface area contributed by atoms with Gasteiger partial charge in [0, 0.05) is 43.0 Å². The topological polar surface area (TPSA) is 70.4 Å². The fourth-order valence-corrected chi connectivity index (χ4v) is 8.21. The lowest BCUT2D eigenvalue weighted by Crippen LogP contribution is -2.62. The Morgan fingerprint density at radius 2 is 1.84 bits per heavy atom. The number of aromatic nitrogens is 2. The molecule has 5 aliphatic carbocycles. The van der Waals surface area contributed by atoms with Crippen LogP contribution in [0.15, 0.2) is 0 Å². The number of hydrogen-bond acceptors (Lipinski definition) is 4. The van der Waals surface area contributed by atoms with Gasteiger partial charge < -0.3 is 15.3 Å². The summed E-state index contributed by atoms with van der Waals surface area (Å²) in [7, 11) is 0. The molecule has 1 amide bonds. The van der Waals surface area contributed by atoms with E-state index in [1.165, 1.54) is 36.9 Å². The van der Waals surface area contributed by atoms with Crippen LogP contribution >= 0.6 is 0 Å². The Morgan fingerprint density at radius 1 is 1.12 bits per heavy atom. The van der Waals surface area contributed by atoms with E-state index >= 15 is 0 Å². The number of amides is 1. The third-order valence-corrected chi connectivity index (χ3v) is 9.41. The summed E-state index contributed by atoms with van der Waals surface area (Å²) in [5, 5.41) is 19.9. The molecule has 1 aromatic heterocycles. The number of aryl methyl sites for hydroxylation is 1. The van der Waals surface area contributed by atoms with Crippen LogP contribution in [0.4, 0.5) is 0 Å². The molecule has 1 aromatic rings. The summed E-state index contributed by atoms with van der Waals surface area (Å²) in [5.74, 6) is 2.16. The molecule has 0 radical (unpaired) electrons. The van der Waals surface area contributed by atoms with E-state index in [1.54, 1.807) is 0 Å². The Labute approximate surface area is 192 Å². The van der Waals surface area contributed by atoms with Gasteiger partial charge in [-0.2, -0.15) is 5.10 Å². The Hall–Kier alpha value is -1.40. The molecular weight excluding hydrogens is 400 g/mol. The highest BCUT2D eigenvalue weighted by molar-refractivity contribution is 5.94. The lowest BCUT2D eigenvalue weighted by atomic mass is 9.52. The predicted molar refractivity (Wildman–Crippen MR) is 124 cm³/mol. The third-order valence-electron chi connectivity index (χ3n) is 9.41. The van der Waals surface area contributed by atoms with Crippen molar-refractivity contribution in [3.05, 3.63) is 17.0 Å². The molecule has 3 atom stereocenters. The molecule has 6 heteroatoms. The van der Waals surface area contributed by atoms with Crippen LogP contribution in [0.3, 0.4) is 0 Å². The summed E-state index contributed by atoms with van der Waals surface area (Å²) in [5.41, 5.74) is 2.87. The minimum atomic E-state index is -0.372. The Balaban J connectivity index is 1.20. The van der Waals surface area contributed by atoms with Crippen molar-refractivity contribution >= 4 is 5.91 Å². The number of nitrogens with one attached hydrogen (secondary N) is 1. The van der Waals surface area contributed by atoms with Gasteiger partial charge in [0.05, 0.1) is 5.60 Å². The first-order chi connectivity index (χ1) is 15.5. The van der Waals surface area contributed by atoms with Crippen LogP contribution in [0.1, 0.15) is 92.9 Å². The average Bonchev–Trinajstić information content (AvgIpc) is 2.92. The first-order valence-electron chi connectivity index (χ1n) is 13.4. The van der Waals surface area contributed by atoms with Crippen molar-refractivity contribution in [1.82, 2.24) is 20.0 Å². The summed E-state index contributed by atoms with van der Waals surface area (Å²) < 4.78 is 2.09. The minimum absolute atomic E-state index is 0.160. The minimum Gasteiger partial charge on any atom is -0.390 e. The quantitative estimate of drug-likeness (QED) is 0.754. The molecule has 3 unspecified atom stereocenters. The van der Waals surface area contributed by atoms with Crippen LogP contribution in [0.2, 0.25) is 0 Å². The van der Waals surface area contributed by atoms with Gasteiger partial charge >= 0.3 is 0 Å². The molecule has 4 bridgehead atoms. The van der Waals surface area contributed by atoms with Crippen molar-refractivity contribution in [2.24, 2.45) is 17.8 Å². The van der Waals surface area contributed by atoms with E-state index in [-0.39, 0.29) is 11.5 Å². The van der Waals surface area contributed by atoms with Crippen molar-refractivity contribution in [1.29, 1.82) is 0 Å². The van der Waals surface area contributed by atoms with E-state index in [9.17, 15) is 9.90 Å². The van der Waals surface area contributed by atoms with Crippen molar-refractivity contribution in [2.45, 2.75) is 108 Å². The van der Waals surface area contributed by atoms with Gasteiger partial charge in [0.25, 0.3) is 5.91 Å². The van der Waals surface area contributed by atoms with Crippen LogP contribution in [-0.2, 0) is 19.4 Å². The zero-order chi connectivity index (χ0) is 21.9.